The third kappa shape index (κ3) is 5.90. The molecule has 0 spiro atoms. The van der Waals surface area contributed by atoms with Crippen molar-refractivity contribution in [1.82, 2.24) is 14.5 Å². The van der Waals surface area contributed by atoms with E-state index in [2.05, 4.69) is 27.8 Å². The van der Waals surface area contributed by atoms with Gasteiger partial charge in [0.2, 0.25) is 0 Å². The monoisotopic (exact) mass is 476 g/mol. The fraction of sp³-hybridized carbons (Fsp3) is 0.333. The molecule has 0 saturated carbocycles. The van der Waals surface area contributed by atoms with E-state index in [4.69, 9.17) is 20.2 Å². The predicted octanol–water partition coefficient (Wildman–Crippen LogP) is 5.28. The summed E-state index contributed by atoms with van der Waals surface area (Å²) in [5.74, 6) is 1.74. The second-order valence-corrected chi connectivity index (χ2v) is 7.26. The second-order valence-electron chi connectivity index (χ2n) is 7.26. The highest BCUT2D eigenvalue weighted by molar-refractivity contribution is 6.02. The number of aromatic nitrogens is 3. The Kier molecular flexibility index (Phi) is 10.2. The number of unbranched alkanes of at least 4 members (excludes halogenated alkanes) is 1. The molecule has 4 aromatic rings. The number of hydrogen-bond acceptors (Lipinski definition) is 5. The second kappa shape index (κ2) is 12.6. The van der Waals surface area contributed by atoms with E-state index in [0.29, 0.717) is 26.4 Å². The zero-order valence-electron chi connectivity index (χ0n) is 18.2. The lowest BCUT2D eigenvalue weighted by molar-refractivity contribution is 0.126. The number of nitrogens with zero attached hydrogens (tertiary/aromatic N) is 3. The molecule has 2 aromatic carbocycles. The van der Waals surface area contributed by atoms with Crippen LogP contribution in [0.3, 0.4) is 0 Å². The Morgan fingerprint density at radius 1 is 0.969 bits per heavy atom. The topological polar surface area (TPSA) is 75.2 Å². The van der Waals surface area contributed by atoms with Crippen LogP contribution in [0.25, 0.3) is 21.9 Å². The van der Waals surface area contributed by atoms with Crippen LogP contribution in [0.15, 0.2) is 54.7 Å². The van der Waals surface area contributed by atoms with Gasteiger partial charge in [0.1, 0.15) is 30.3 Å². The van der Waals surface area contributed by atoms with Crippen molar-refractivity contribution in [1.29, 1.82) is 0 Å². The van der Waals surface area contributed by atoms with E-state index in [1.54, 1.807) is 0 Å². The highest BCUT2D eigenvalue weighted by Crippen LogP contribution is 2.28. The van der Waals surface area contributed by atoms with Gasteiger partial charge in [-0.25, -0.2) is 4.98 Å². The Labute approximate surface area is 201 Å². The van der Waals surface area contributed by atoms with Crippen LogP contribution in [0, 0.1) is 0 Å². The summed E-state index contributed by atoms with van der Waals surface area (Å²) >= 11 is 0. The fourth-order valence-electron chi connectivity index (χ4n) is 3.63. The molecule has 0 aliphatic heterocycles. The quantitative estimate of drug-likeness (QED) is 0.315. The number of nitrogens with two attached hydrogens (primary N) is 1. The van der Waals surface area contributed by atoms with Crippen LogP contribution >= 0.6 is 24.8 Å². The molecule has 32 heavy (non-hydrogen) atoms. The Hall–Kier alpha value is -2.38. The van der Waals surface area contributed by atoms with Crippen LogP contribution < -0.4 is 10.5 Å². The van der Waals surface area contributed by atoms with Gasteiger partial charge in [-0.3, -0.25) is 4.98 Å². The summed E-state index contributed by atoms with van der Waals surface area (Å²) in [7, 11) is 0. The molecule has 0 bridgehead atoms. The van der Waals surface area contributed by atoms with Crippen molar-refractivity contribution in [3.8, 4) is 5.75 Å². The minimum atomic E-state index is 0. The summed E-state index contributed by atoms with van der Waals surface area (Å²) in [5, 5.41) is 1.07. The largest absolute Gasteiger partial charge is 0.489 e. The lowest BCUT2D eigenvalue weighted by atomic mass is 10.1. The lowest BCUT2D eigenvalue weighted by Crippen LogP contribution is -2.08. The van der Waals surface area contributed by atoms with Gasteiger partial charge in [0.05, 0.1) is 17.2 Å². The third-order valence-electron chi connectivity index (χ3n) is 5.14. The predicted molar refractivity (Wildman–Crippen MR) is 134 cm³/mol. The fourth-order valence-corrected chi connectivity index (χ4v) is 3.63. The maximum Gasteiger partial charge on any atom is 0.136 e. The average Bonchev–Trinajstić information content (AvgIpc) is 3.14. The highest BCUT2D eigenvalue weighted by Gasteiger charge is 2.15. The number of imidazole rings is 1. The van der Waals surface area contributed by atoms with E-state index < -0.39 is 0 Å². The summed E-state index contributed by atoms with van der Waals surface area (Å²) < 4.78 is 13.9. The highest BCUT2D eigenvalue weighted by atomic mass is 35.5. The Balaban J connectivity index is 0.00000181. The molecule has 0 radical (unpaired) electrons. The van der Waals surface area contributed by atoms with Crippen molar-refractivity contribution < 1.29 is 9.47 Å². The lowest BCUT2D eigenvalue weighted by Gasteiger charge is -2.11. The number of ether oxygens (including phenoxy) is 2. The zero-order chi connectivity index (χ0) is 20.8. The Bertz CT molecular complexity index is 1120. The summed E-state index contributed by atoms with van der Waals surface area (Å²) in [5.41, 5.74) is 9.73. The van der Waals surface area contributed by atoms with Crippen LogP contribution in [-0.4, -0.2) is 27.7 Å². The Morgan fingerprint density at radius 2 is 1.78 bits per heavy atom. The van der Waals surface area contributed by atoms with Gasteiger partial charge in [0, 0.05) is 24.6 Å². The zero-order valence-corrected chi connectivity index (χ0v) is 19.8. The number of aryl methyl sites for hydroxylation is 1. The first kappa shape index (κ1) is 25.9. The number of pyridine rings is 1. The summed E-state index contributed by atoms with van der Waals surface area (Å²) in [6, 6.07) is 16.2. The van der Waals surface area contributed by atoms with Gasteiger partial charge < -0.3 is 19.8 Å². The molecule has 0 unspecified atom stereocenters. The third-order valence-corrected chi connectivity index (χ3v) is 5.14. The normalized spacial score (nSPS) is 10.7. The Morgan fingerprint density at radius 3 is 2.53 bits per heavy atom. The maximum absolute atomic E-state index is 5.98. The van der Waals surface area contributed by atoms with Gasteiger partial charge in [0.25, 0.3) is 0 Å². The van der Waals surface area contributed by atoms with Crippen molar-refractivity contribution in [2.75, 3.05) is 13.2 Å². The smallest absolute Gasteiger partial charge is 0.136 e. The van der Waals surface area contributed by atoms with E-state index in [1.165, 1.54) is 0 Å². The van der Waals surface area contributed by atoms with Crippen LogP contribution in [0.1, 0.15) is 31.2 Å². The SMILES string of the molecule is CCOCc1nc2cnc3cc(OCc4ccccc4)ccc3c2n1CCCCN.Cl.Cl. The number of benzene rings is 2. The molecule has 172 valence electrons. The van der Waals surface area contributed by atoms with E-state index in [1.807, 2.05) is 43.5 Å². The first-order valence-electron chi connectivity index (χ1n) is 10.5. The van der Waals surface area contributed by atoms with Crippen molar-refractivity contribution in [2.45, 2.75) is 39.5 Å². The molecule has 6 nitrogen and oxygen atoms in total. The molecule has 0 amide bonds. The number of rotatable bonds is 10. The van der Waals surface area contributed by atoms with Gasteiger partial charge in [-0.1, -0.05) is 30.3 Å². The number of halogens is 2. The first-order valence-corrected chi connectivity index (χ1v) is 10.5. The van der Waals surface area contributed by atoms with Gasteiger partial charge in [-0.05, 0) is 44.0 Å². The van der Waals surface area contributed by atoms with Gasteiger partial charge in [0.15, 0.2) is 0 Å². The molecule has 2 heterocycles. The molecule has 0 atom stereocenters. The molecule has 0 aliphatic carbocycles. The van der Waals surface area contributed by atoms with Crippen molar-refractivity contribution in [2.24, 2.45) is 5.73 Å². The number of fused-ring (bicyclic) bond motifs is 3. The summed E-state index contributed by atoms with van der Waals surface area (Å²) in [6.07, 6.45) is 3.82. The van der Waals surface area contributed by atoms with Crippen molar-refractivity contribution >= 4 is 46.8 Å². The van der Waals surface area contributed by atoms with Crippen LogP contribution in [-0.2, 0) is 24.5 Å². The minimum absolute atomic E-state index is 0. The molecule has 2 N–H and O–H groups in total. The molecule has 0 fully saturated rings. The number of hydrogen-bond donors (Lipinski definition) is 1. The van der Waals surface area contributed by atoms with Crippen LogP contribution in [0.4, 0.5) is 0 Å². The average molecular weight is 477 g/mol. The summed E-state index contributed by atoms with van der Waals surface area (Å²) in [6.45, 7) is 5.24. The van der Waals surface area contributed by atoms with E-state index in [9.17, 15) is 0 Å². The van der Waals surface area contributed by atoms with Gasteiger partial charge in [-0.15, -0.1) is 24.8 Å². The molecule has 4 rings (SSSR count). The molecular formula is C24H30Cl2N4O2. The van der Waals surface area contributed by atoms with Gasteiger partial charge >= 0.3 is 0 Å². The van der Waals surface area contributed by atoms with E-state index >= 15 is 0 Å². The van der Waals surface area contributed by atoms with E-state index in [0.717, 1.165) is 58.5 Å². The molecular weight excluding hydrogens is 447 g/mol. The van der Waals surface area contributed by atoms with Gasteiger partial charge in [-0.2, -0.15) is 0 Å². The summed E-state index contributed by atoms with van der Waals surface area (Å²) in [4.78, 5) is 9.43. The first-order chi connectivity index (χ1) is 14.8. The molecule has 0 aliphatic rings. The van der Waals surface area contributed by atoms with E-state index in [-0.39, 0.29) is 24.8 Å². The van der Waals surface area contributed by atoms with Crippen molar-refractivity contribution in [3.63, 3.8) is 0 Å². The maximum atomic E-state index is 5.98. The standard InChI is InChI=1S/C24H28N4O2.2ClH/c1-2-29-17-23-27-22-15-26-21-14-19(30-16-18-8-4-3-5-9-18)10-11-20(21)24(22)28(23)13-7-6-12-25;;/h3-5,8-11,14-15H,2,6-7,12-13,16-17,25H2,1H3;2*1H. The van der Waals surface area contributed by atoms with Crippen LogP contribution in [0.2, 0.25) is 0 Å². The van der Waals surface area contributed by atoms with Crippen molar-refractivity contribution in [3.05, 3.63) is 66.1 Å². The molecule has 8 heteroatoms. The molecule has 0 saturated heterocycles. The van der Waals surface area contributed by atoms with Crippen LogP contribution in [0.5, 0.6) is 5.75 Å². The minimum Gasteiger partial charge on any atom is -0.489 e. The molecule has 2 aromatic heterocycles.